The standard InChI is InChI=1S/C9H19NO/c1-4-8-7-11-9(5-2)6-10(8)3/h8-9H,4-7H2,1-3H3/t8-,9-/m1/s1. The Balaban J connectivity index is 2.34. The molecule has 1 heterocycles. The van der Waals surface area contributed by atoms with E-state index in [1.54, 1.807) is 0 Å². The average molecular weight is 157 g/mol. The van der Waals surface area contributed by atoms with Crippen molar-refractivity contribution in [2.75, 3.05) is 20.2 Å². The average Bonchev–Trinajstić information content (AvgIpc) is 2.04. The van der Waals surface area contributed by atoms with Crippen molar-refractivity contribution >= 4 is 0 Å². The second kappa shape index (κ2) is 4.07. The Morgan fingerprint density at radius 1 is 1.36 bits per heavy atom. The third kappa shape index (κ3) is 2.17. The molecule has 1 aliphatic rings. The Morgan fingerprint density at radius 2 is 2.09 bits per heavy atom. The summed E-state index contributed by atoms with van der Waals surface area (Å²) >= 11 is 0. The number of hydrogen-bond donors (Lipinski definition) is 0. The zero-order valence-corrected chi connectivity index (χ0v) is 7.84. The third-order valence-electron chi connectivity index (χ3n) is 2.57. The van der Waals surface area contributed by atoms with E-state index in [2.05, 4.69) is 25.8 Å². The number of morpholine rings is 1. The first-order valence-electron chi connectivity index (χ1n) is 4.59. The Morgan fingerprint density at radius 3 is 2.55 bits per heavy atom. The lowest BCUT2D eigenvalue weighted by atomic mass is 10.1. The van der Waals surface area contributed by atoms with Crippen molar-refractivity contribution in [3.63, 3.8) is 0 Å². The number of rotatable bonds is 2. The molecule has 2 heteroatoms. The summed E-state index contributed by atoms with van der Waals surface area (Å²) < 4.78 is 5.66. The quantitative estimate of drug-likeness (QED) is 0.602. The molecule has 66 valence electrons. The predicted molar refractivity (Wildman–Crippen MR) is 46.7 cm³/mol. The highest BCUT2D eigenvalue weighted by Gasteiger charge is 2.23. The van der Waals surface area contributed by atoms with E-state index in [4.69, 9.17) is 4.74 Å². The molecule has 0 spiro atoms. The lowest BCUT2D eigenvalue weighted by Crippen LogP contribution is -2.46. The van der Waals surface area contributed by atoms with E-state index in [-0.39, 0.29) is 0 Å². The minimum Gasteiger partial charge on any atom is -0.375 e. The topological polar surface area (TPSA) is 12.5 Å². The van der Waals surface area contributed by atoms with Gasteiger partial charge in [-0.3, -0.25) is 4.90 Å². The number of ether oxygens (including phenoxy) is 1. The second-order valence-electron chi connectivity index (χ2n) is 3.37. The summed E-state index contributed by atoms with van der Waals surface area (Å²) in [5.41, 5.74) is 0. The van der Waals surface area contributed by atoms with Gasteiger partial charge in [0.15, 0.2) is 0 Å². The fraction of sp³-hybridized carbons (Fsp3) is 1.00. The summed E-state index contributed by atoms with van der Waals surface area (Å²) in [4.78, 5) is 2.41. The van der Waals surface area contributed by atoms with Gasteiger partial charge in [-0.25, -0.2) is 0 Å². The summed E-state index contributed by atoms with van der Waals surface area (Å²) in [6.45, 7) is 6.43. The molecule has 0 aromatic heterocycles. The summed E-state index contributed by atoms with van der Waals surface area (Å²) in [6.07, 6.45) is 2.82. The fourth-order valence-corrected chi connectivity index (χ4v) is 1.57. The molecule has 0 aromatic carbocycles. The Hall–Kier alpha value is -0.0800. The molecule has 0 bridgehead atoms. The maximum atomic E-state index is 5.66. The van der Waals surface area contributed by atoms with Crippen LogP contribution in [0.4, 0.5) is 0 Å². The van der Waals surface area contributed by atoms with Gasteiger partial charge in [-0.1, -0.05) is 13.8 Å². The first-order valence-corrected chi connectivity index (χ1v) is 4.59. The Labute approximate surface area is 69.5 Å². The highest BCUT2D eigenvalue weighted by molar-refractivity contribution is 4.75. The maximum Gasteiger partial charge on any atom is 0.0700 e. The minimum absolute atomic E-state index is 0.475. The largest absolute Gasteiger partial charge is 0.375 e. The van der Waals surface area contributed by atoms with Crippen LogP contribution in [0.15, 0.2) is 0 Å². The van der Waals surface area contributed by atoms with Crippen molar-refractivity contribution in [1.29, 1.82) is 0 Å². The molecule has 1 aliphatic heterocycles. The van der Waals surface area contributed by atoms with Crippen LogP contribution in [0.2, 0.25) is 0 Å². The molecule has 11 heavy (non-hydrogen) atoms. The van der Waals surface area contributed by atoms with Crippen molar-refractivity contribution in [2.45, 2.75) is 38.8 Å². The maximum absolute atomic E-state index is 5.66. The van der Waals surface area contributed by atoms with Gasteiger partial charge in [0.2, 0.25) is 0 Å². The molecule has 0 saturated carbocycles. The molecule has 0 aromatic rings. The summed E-state index contributed by atoms with van der Waals surface area (Å²) in [5.74, 6) is 0. The molecule has 2 atom stereocenters. The van der Waals surface area contributed by atoms with E-state index >= 15 is 0 Å². The highest BCUT2D eigenvalue weighted by atomic mass is 16.5. The highest BCUT2D eigenvalue weighted by Crippen LogP contribution is 2.13. The van der Waals surface area contributed by atoms with Crippen molar-refractivity contribution in [1.82, 2.24) is 4.90 Å². The molecule has 1 fully saturated rings. The van der Waals surface area contributed by atoms with E-state index in [0.717, 1.165) is 19.6 Å². The van der Waals surface area contributed by atoms with Gasteiger partial charge in [0.05, 0.1) is 12.7 Å². The van der Waals surface area contributed by atoms with E-state index in [9.17, 15) is 0 Å². The van der Waals surface area contributed by atoms with Crippen LogP contribution < -0.4 is 0 Å². The first-order chi connectivity index (χ1) is 5.27. The first kappa shape index (κ1) is 9.01. The van der Waals surface area contributed by atoms with Crippen LogP contribution in [0.1, 0.15) is 26.7 Å². The monoisotopic (exact) mass is 157 g/mol. The molecular weight excluding hydrogens is 138 g/mol. The molecule has 1 rings (SSSR count). The molecule has 0 aliphatic carbocycles. The molecular formula is C9H19NO. The lowest BCUT2D eigenvalue weighted by Gasteiger charge is -2.36. The number of likely N-dealkylation sites (N-methyl/N-ethyl adjacent to an activating group) is 1. The van der Waals surface area contributed by atoms with Gasteiger partial charge in [0.25, 0.3) is 0 Å². The second-order valence-corrected chi connectivity index (χ2v) is 3.37. The molecule has 1 saturated heterocycles. The van der Waals surface area contributed by atoms with Crippen molar-refractivity contribution in [3.8, 4) is 0 Å². The van der Waals surface area contributed by atoms with Crippen LogP contribution in [0.3, 0.4) is 0 Å². The van der Waals surface area contributed by atoms with Gasteiger partial charge in [0.1, 0.15) is 0 Å². The fourth-order valence-electron chi connectivity index (χ4n) is 1.57. The Bertz CT molecular complexity index is 116. The smallest absolute Gasteiger partial charge is 0.0700 e. The normalized spacial score (nSPS) is 34.1. The molecule has 0 unspecified atom stereocenters. The van der Waals surface area contributed by atoms with Gasteiger partial charge in [0, 0.05) is 12.6 Å². The zero-order chi connectivity index (χ0) is 8.27. The zero-order valence-electron chi connectivity index (χ0n) is 7.84. The van der Waals surface area contributed by atoms with Crippen molar-refractivity contribution in [3.05, 3.63) is 0 Å². The third-order valence-corrected chi connectivity index (χ3v) is 2.57. The van der Waals surface area contributed by atoms with Gasteiger partial charge < -0.3 is 4.74 Å². The lowest BCUT2D eigenvalue weighted by molar-refractivity contribution is -0.0552. The minimum atomic E-state index is 0.475. The van der Waals surface area contributed by atoms with Gasteiger partial charge >= 0.3 is 0 Å². The van der Waals surface area contributed by atoms with Gasteiger partial charge in [-0.05, 0) is 19.9 Å². The number of nitrogens with zero attached hydrogens (tertiary/aromatic N) is 1. The van der Waals surface area contributed by atoms with E-state index in [1.165, 1.54) is 6.42 Å². The Kier molecular flexibility index (Phi) is 3.34. The van der Waals surface area contributed by atoms with Crippen molar-refractivity contribution in [2.24, 2.45) is 0 Å². The van der Waals surface area contributed by atoms with Gasteiger partial charge in [-0.15, -0.1) is 0 Å². The van der Waals surface area contributed by atoms with Crippen LogP contribution in [0, 0.1) is 0 Å². The SMILES string of the molecule is CC[C@@H]1CN(C)[C@H](CC)CO1. The van der Waals surface area contributed by atoms with Crippen LogP contribution in [-0.2, 0) is 4.74 Å². The van der Waals surface area contributed by atoms with Crippen LogP contribution in [0.5, 0.6) is 0 Å². The van der Waals surface area contributed by atoms with Crippen LogP contribution in [-0.4, -0.2) is 37.2 Å². The van der Waals surface area contributed by atoms with Crippen LogP contribution >= 0.6 is 0 Å². The van der Waals surface area contributed by atoms with E-state index in [1.807, 2.05) is 0 Å². The summed E-state index contributed by atoms with van der Waals surface area (Å²) in [7, 11) is 2.19. The predicted octanol–water partition coefficient (Wildman–Crippen LogP) is 1.51. The van der Waals surface area contributed by atoms with Gasteiger partial charge in [-0.2, -0.15) is 0 Å². The van der Waals surface area contributed by atoms with Crippen LogP contribution in [0.25, 0.3) is 0 Å². The number of hydrogen-bond acceptors (Lipinski definition) is 2. The van der Waals surface area contributed by atoms with E-state index in [0.29, 0.717) is 12.1 Å². The molecule has 2 nitrogen and oxygen atoms in total. The van der Waals surface area contributed by atoms with E-state index < -0.39 is 0 Å². The molecule has 0 amide bonds. The molecule has 0 N–H and O–H groups in total. The summed E-state index contributed by atoms with van der Waals surface area (Å²) in [6, 6.07) is 0.651. The summed E-state index contributed by atoms with van der Waals surface area (Å²) in [5, 5.41) is 0. The van der Waals surface area contributed by atoms with Crippen molar-refractivity contribution < 1.29 is 4.74 Å². The molecule has 0 radical (unpaired) electrons.